The van der Waals surface area contributed by atoms with Gasteiger partial charge in [0.2, 0.25) is 0 Å². The second-order valence-electron chi connectivity index (χ2n) is 7.96. The maximum atomic E-state index is 10.1. The van der Waals surface area contributed by atoms with Crippen molar-refractivity contribution < 1.29 is 9.84 Å². The average Bonchev–Trinajstić information content (AvgIpc) is 2.74. The Hall–Kier alpha value is -1.95. The third kappa shape index (κ3) is 5.77. The lowest BCUT2D eigenvalue weighted by Crippen LogP contribution is -2.53. The molecule has 1 aromatic rings. The minimum Gasteiger partial charge on any atom is -0.508 e. The molecule has 0 amide bonds. The Bertz CT molecular complexity index is 643. The fourth-order valence-corrected chi connectivity index (χ4v) is 4.40. The van der Waals surface area contributed by atoms with Crippen LogP contribution in [0.2, 0.25) is 0 Å². The number of nitrogens with zero attached hydrogens (tertiary/aromatic N) is 2. The fraction of sp³-hybridized carbons (Fsp3) is 0.682. The van der Waals surface area contributed by atoms with Crippen molar-refractivity contribution in [1.29, 1.82) is 0 Å². The number of aliphatic imine (C=N–C) groups is 1. The van der Waals surface area contributed by atoms with E-state index in [-0.39, 0.29) is 5.75 Å². The highest BCUT2D eigenvalue weighted by atomic mass is 16.5. The predicted molar refractivity (Wildman–Crippen MR) is 114 cm³/mol. The Kier molecular flexibility index (Phi) is 7.83. The number of hydrogen-bond acceptors (Lipinski definition) is 4. The van der Waals surface area contributed by atoms with E-state index in [1.54, 1.807) is 19.2 Å². The summed E-state index contributed by atoms with van der Waals surface area (Å²) in [5, 5.41) is 17.1. The van der Waals surface area contributed by atoms with E-state index in [1.165, 1.54) is 51.5 Å². The quantitative estimate of drug-likeness (QED) is 0.516. The van der Waals surface area contributed by atoms with Crippen molar-refractivity contribution >= 4 is 5.96 Å². The molecule has 0 bridgehead atoms. The van der Waals surface area contributed by atoms with Crippen LogP contribution in [-0.4, -0.2) is 54.8 Å². The monoisotopic (exact) mass is 388 g/mol. The third-order valence-electron chi connectivity index (χ3n) is 5.92. The number of benzene rings is 1. The first-order valence-corrected chi connectivity index (χ1v) is 10.8. The summed E-state index contributed by atoms with van der Waals surface area (Å²) in [4.78, 5) is 7.40. The van der Waals surface area contributed by atoms with Crippen LogP contribution in [0.15, 0.2) is 23.2 Å². The lowest BCUT2D eigenvalue weighted by molar-refractivity contribution is 0.115. The molecule has 1 atom stereocenters. The van der Waals surface area contributed by atoms with Gasteiger partial charge in [-0.1, -0.05) is 19.3 Å². The van der Waals surface area contributed by atoms with Crippen LogP contribution in [0.3, 0.4) is 0 Å². The third-order valence-corrected chi connectivity index (χ3v) is 5.92. The van der Waals surface area contributed by atoms with Crippen LogP contribution in [0.5, 0.6) is 11.5 Å². The van der Waals surface area contributed by atoms with E-state index in [0.29, 0.717) is 12.6 Å². The van der Waals surface area contributed by atoms with Crippen LogP contribution in [-0.2, 0) is 6.54 Å². The van der Waals surface area contributed by atoms with Crippen molar-refractivity contribution in [2.45, 2.75) is 70.5 Å². The van der Waals surface area contributed by atoms with Crippen molar-refractivity contribution in [2.75, 3.05) is 26.7 Å². The molecule has 156 valence electrons. The van der Waals surface area contributed by atoms with Crippen molar-refractivity contribution in [3.63, 3.8) is 0 Å². The van der Waals surface area contributed by atoms with Crippen molar-refractivity contribution in [3.8, 4) is 11.5 Å². The van der Waals surface area contributed by atoms with E-state index < -0.39 is 0 Å². The van der Waals surface area contributed by atoms with E-state index in [9.17, 15) is 5.11 Å². The molecule has 1 aliphatic carbocycles. The van der Waals surface area contributed by atoms with Gasteiger partial charge in [-0.15, -0.1) is 0 Å². The normalized spacial score (nSPS) is 22.1. The number of methoxy groups -OCH3 is 1. The number of hydrogen-bond donors (Lipinski definition) is 3. The summed E-state index contributed by atoms with van der Waals surface area (Å²) in [6, 6.07) is 6.45. The topological polar surface area (TPSA) is 69.1 Å². The Balaban J connectivity index is 1.61. The molecule has 1 aliphatic heterocycles. The first-order chi connectivity index (χ1) is 13.7. The van der Waals surface area contributed by atoms with Crippen LogP contribution in [0.25, 0.3) is 0 Å². The molecule has 3 rings (SSSR count). The van der Waals surface area contributed by atoms with Gasteiger partial charge < -0.3 is 20.5 Å². The Morgan fingerprint density at radius 1 is 1.21 bits per heavy atom. The molecule has 6 nitrogen and oxygen atoms in total. The molecule has 2 fully saturated rings. The molecular weight excluding hydrogens is 352 g/mol. The number of rotatable bonds is 6. The zero-order valence-corrected chi connectivity index (χ0v) is 17.4. The summed E-state index contributed by atoms with van der Waals surface area (Å²) in [6.45, 7) is 5.63. The van der Waals surface area contributed by atoms with Gasteiger partial charge in [-0.3, -0.25) is 4.90 Å². The van der Waals surface area contributed by atoms with Gasteiger partial charge >= 0.3 is 0 Å². The number of phenolic OH excluding ortho intramolecular Hbond substituents is 1. The molecule has 1 saturated carbocycles. The Morgan fingerprint density at radius 3 is 2.79 bits per heavy atom. The van der Waals surface area contributed by atoms with E-state index in [4.69, 9.17) is 9.73 Å². The number of guanidine groups is 1. The number of piperidine rings is 1. The molecule has 1 unspecified atom stereocenters. The van der Waals surface area contributed by atoms with Gasteiger partial charge in [0.05, 0.1) is 13.7 Å². The van der Waals surface area contributed by atoms with Crippen molar-refractivity contribution in [2.24, 2.45) is 4.99 Å². The molecule has 2 aliphatic rings. The van der Waals surface area contributed by atoms with Gasteiger partial charge in [0.15, 0.2) is 5.96 Å². The minimum absolute atomic E-state index is 0.251. The molecule has 6 heteroatoms. The van der Waals surface area contributed by atoms with Gasteiger partial charge in [-0.05, 0) is 57.4 Å². The second kappa shape index (κ2) is 10.6. The summed E-state index contributed by atoms with van der Waals surface area (Å²) in [6.07, 6.45) is 9.30. The number of likely N-dealkylation sites (tertiary alicyclic amines) is 1. The lowest BCUT2D eigenvalue weighted by Gasteiger charge is -2.40. The highest BCUT2D eigenvalue weighted by molar-refractivity contribution is 5.80. The van der Waals surface area contributed by atoms with Gasteiger partial charge in [0, 0.05) is 30.7 Å². The SMILES string of the molecule is CCNC(=NCc1cc(OC)ccc1O)NC1CCCN(C2CCCCC2)C1. The first kappa shape index (κ1) is 20.8. The summed E-state index contributed by atoms with van der Waals surface area (Å²) < 4.78 is 5.26. The Morgan fingerprint density at radius 2 is 2.04 bits per heavy atom. The second-order valence-corrected chi connectivity index (χ2v) is 7.96. The highest BCUT2D eigenvalue weighted by Crippen LogP contribution is 2.26. The van der Waals surface area contributed by atoms with Crippen LogP contribution in [0, 0.1) is 0 Å². The number of ether oxygens (including phenoxy) is 1. The van der Waals surface area contributed by atoms with E-state index in [1.807, 2.05) is 6.07 Å². The molecule has 1 saturated heterocycles. The fourth-order valence-electron chi connectivity index (χ4n) is 4.40. The number of nitrogens with one attached hydrogen (secondary N) is 2. The predicted octanol–water partition coefficient (Wildman–Crippen LogP) is 3.25. The van der Waals surface area contributed by atoms with Gasteiger partial charge in [-0.2, -0.15) is 0 Å². The van der Waals surface area contributed by atoms with Crippen LogP contribution in [0.4, 0.5) is 0 Å². The van der Waals surface area contributed by atoms with Crippen LogP contribution in [0.1, 0.15) is 57.4 Å². The first-order valence-electron chi connectivity index (χ1n) is 10.8. The average molecular weight is 389 g/mol. The largest absolute Gasteiger partial charge is 0.508 e. The maximum Gasteiger partial charge on any atom is 0.191 e. The molecular formula is C22H36N4O2. The molecule has 1 aromatic carbocycles. The molecule has 28 heavy (non-hydrogen) atoms. The number of aromatic hydroxyl groups is 1. The van der Waals surface area contributed by atoms with Crippen LogP contribution < -0.4 is 15.4 Å². The minimum atomic E-state index is 0.251. The lowest BCUT2D eigenvalue weighted by atomic mass is 9.92. The molecule has 0 radical (unpaired) electrons. The molecule has 3 N–H and O–H groups in total. The summed E-state index contributed by atoms with van der Waals surface area (Å²) in [5.74, 6) is 1.80. The smallest absolute Gasteiger partial charge is 0.191 e. The van der Waals surface area contributed by atoms with E-state index in [0.717, 1.165) is 36.4 Å². The highest BCUT2D eigenvalue weighted by Gasteiger charge is 2.27. The van der Waals surface area contributed by atoms with Gasteiger partial charge in [0.1, 0.15) is 11.5 Å². The summed E-state index contributed by atoms with van der Waals surface area (Å²) >= 11 is 0. The Labute approximate surface area is 169 Å². The van der Waals surface area contributed by atoms with Gasteiger partial charge in [0.25, 0.3) is 0 Å². The van der Waals surface area contributed by atoms with Gasteiger partial charge in [-0.25, -0.2) is 4.99 Å². The molecule has 1 heterocycles. The standard InChI is InChI=1S/C22H36N4O2/c1-3-23-22(24-15-17-14-20(28-2)11-12-21(17)27)25-18-8-7-13-26(16-18)19-9-5-4-6-10-19/h11-12,14,18-19,27H,3-10,13,15-16H2,1-2H3,(H2,23,24,25). The zero-order chi connectivity index (χ0) is 19.8. The van der Waals surface area contributed by atoms with E-state index >= 15 is 0 Å². The van der Waals surface area contributed by atoms with Crippen molar-refractivity contribution in [3.05, 3.63) is 23.8 Å². The van der Waals surface area contributed by atoms with Crippen molar-refractivity contribution in [1.82, 2.24) is 15.5 Å². The van der Waals surface area contributed by atoms with Crippen LogP contribution >= 0.6 is 0 Å². The summed E-state index contributed by atoms with van der Waals surface area (Å²) in [7, 11) is 1.63. The number of phenols is 1. The maximum absolute atomic E-state index is 10.1. The molecule has 0 spiro atoms. The summed E-state index contributed by atoms with van der Waals surface area (Å²) in [5.41, 5.74) is 0.768. The molecule has 0 aromatic heterocycles. The van der Waals surface area contributed by atoms with E-state index in [2.05, 4.69) is 22.5 Å². The zero-order valence-electron chi connectivity index (χ0n) is 17.4.